The molecule has 0 fully saturated rings. The van der Waals surface area contributed by atoms with E-state index in [1.165, 1.54) is 0 Å². The Bertz CT molecular complexity index is 451. The van der Waals surface area contributed by atoms with Gasteiger partial charge in [-0.15, -0.1) is 0 Å². The molecule has 5 heteroatoms. The Balaban J connectivity index is 2.53. The molecule has 1 aromatic rings. The van der Waals surface area contributed by atoms with E-state index < -0.39 is 0 Å². The molecule has 0 radical (unpaired) electrons. The number of nitrogens with one attached hydrogen (secondary N) is 2. The van der Waals surface area contributed by atoms with E-state index in [9.17, 15) is 4.79 Å². The van der Waals surface area contributed by atoms with Crippen LogP contribution in [0.4, 0.5) is 0 Å². The van der Waals surface area contributed by atoms with Crippen LogP contribution in [0.5, 0.6) is 0 Å². The van der Waals surface area contributed by atoms with Crippen molar-refractivity contribution in [2.75, 3.05) is 13.1 Å². The lowest BCUT2D eigenvalue weighted by Crippen LogP contribution is -2.34. The van der Waals surface area contributed by atoms with E-state index in [0.717, 1.165) is 12.1 Å². The third-order valence-electron chi connectivity index (χ3n) is 2.68. The normalized spacial score (nSPS) is 11.5. The lowest BCUT2D eigenvalue weighted by molar-refractivity contribution is 0.0956. The summed E-state index contributed by atoms with van der Waals surface area (Å²) in [6.07, 6.45) is 0. The first-order valence-corrected chi connectivity index (χ1v) is 6.93. The van der Waals surface area contributed by atoms with Crippen LogP contribution in [0.1, 0.15) is 36.7 Å². The first-order chi connectivity index (χ1) is 9.52. The summed E-state index contributed by atoms with van der Waals surface area (Å²) in [6, 6.07) is 7.38. The summed E-state index contributed by atoms with van der Waals surface area (Å²) in [4.78, 5) is 15.9. The van der Waals surface area contributed by atoms with Gasteiger partial charge >= 0.3 is 0 Å². The number of nitrogens with zero attached hydrogens (tertiary/aromatic N) is 1. The SMILES string of the molecule is CCNC(=O)c1ccc(CN=C(N)NCC(C)C)cc1. The van der Waals surface area contributed by atoms with Crippen molar-refractivity contribution in [1.82, 2.24) is 10.6 Å². The van der Waals surface area contributed by atoms with Crippen molar-refractivity contribution in [2.24, 2.45) is 16.6 Å². The number of hydrogen-bond acceptors (Lipinski definition) is 2. The minimum Gasteiger partial charge on any atom is -0.370 e. The first kappa shape index (κ1) is 16.0. The maximum atomic E-state index is 11.6. The van der Waals surface area contributed by atoms with Crippen LogP contribution in [0.25, 0.3) is 0 Å². The van der Waals surface area contributed by atoms with Gasteiger partial charge in [0.15, 0.2) is 5.96 Å². The Kier molecular flexibility index (Phi) is 6.56. The molecule has 0 unspecified atom stereocenters. The predicted molar refractivity (Wildman–Crippen MR) is 82.6 cm³/mol. The van der Waals surface area contributed by atoms with Gasteiger partial charge < -0.3 is 16.4 Å². The number of guanidine groups is 1. The molecule has 0 aliphatic carbocycles. The van der Waals surface area contributed by atoms with E-state index >= 15 is 0 Å². The zero-order valence-electron chi connectivity index (χ0n) is 12.4. The lowest BCUT2D eigenvalue weighted by Gasteiger charge is -2.08. The predicted octanol–water partition coefficient (Wildman–Crippen LogP) is 1.50. The van der Waals surface area contributed by atoms with Crippen molar-refractivity contribution < 1.29 is 4.79 Å². The van der Waals surface area contributed by atoms with Gasteiger partial charge in [0.25, 0.3) is 5.91 Å². The quantitative estimate of drug-likeness (QED) is 0.544. The second kappa shape index (κ2) is 8.19. The topological polar surface area (TPSA) is 79.5 Å². The summed E-state index contributed by atoms with van der Waals surface area (Å²) in [5.74, 6) is 0.923. The van der Waals surface area contributed by atoms with Crippen LogP contribution in [-0.4, -0.2) is 25.0 Å². The molecule has 5 nitrogen and oxygen atoms in total. The van der Waals surface area contributed by atoms with Crippen molar-refractivity contribution >= 4 is 11.9 Å². The van der Waals surface area contributed by atoms with Crippen molar-refractivity contribution in [1.29, 1.82) is 0 Å². The van der Waals surface area contributed by atoms with Crippen molar-refractivity contribution in [2.45, 2.75) is 27.3 Å². The van der Waals surface area contributed by atoms with Gasteiger partial charge in [-0.25, -0.2) is 4.99 Å². The average Bonchev–Trinajstić information content (AvgIpc) is 2.43. The number of benzene rings is 1. The van der Waals surface area contributed by atoms with Gasteiger partial charge in [0.2, 0.25) is 0 Å². The van der Waals surface area contributed by atoms with E-state index in [2.05, 4.69) is 29.5 Å². The van der Waals surface area contributed by atoms with E-state index in [1.54, 1.807) is 12.1 Å². The number of carbonyl (C=O) groups is 1. The molecule has 0 aromatic heterocycles. The van der Waals surface area contributed by atoms with Gasteiger partial charge in [0.1, 0.15) is 0 Å². The summed E-state index contributed by atoms with van der Waals surface area (Å²) in [5, 5.41) is 5.82. The van der Waals surface area contributed by atoms with Gasteiger partial charge in [0, 0.05) is 18.7 Å². The molecule has 110 valence electrons. The molecule has 0 heterocycles. The Morgan fingerprint density at radius 2 is 1.90 bits per heavy atom. The smallest absolute Gasteiger partial charge is 0.251 e. The number of aliphatic imine (C=N–C) groups is 1. The third kappa shape index (κ3) is 5.73. The summed E-state index contributed by atoms with van der Waals surface area (Å²) >= 11 is 0. The first-order valence-electron chi connectivity index (χ1n) is 6.93. The molecule has 0 saturated carbocycles. The molecule has 0 atom stereocenters. The minimum atomic E-state index is -0.0549. The van der Waals surface area contributed by atoms with Gasteiger partial charge in [0.05, 0.1) is 6.54 Å². The van der Waals surface area contributed by atoms with Crippen LogP contribution in [0, 0.1) is 5.92 Å². The van der Waals surface area contributed by atoms with Crippen LogP contribution < -0.4 is 16.4 Å². The largest absolute Gasteiger partial charge is 0.370 e. The highest BCUT2D eigenvalue weighted by Crippen LogP contribution is 2.05. The monoisotopic (exact) mass is 276 g/mol. The van der Waals surface area contributed by atoms with Crippen LogP contribution in [0.2, 0.25) is 0 Å². The molecule has 1 aromatic carbocycles. The second-order valence-corrected chi connectivity index (χ2v) is 5.03. The van der Waals surface area contributed by atoms with Crippen molar-refractivity contribution in [3.05, 3.63) is 35.4 Å². The highest BCUT2D eigenvalue weighted by atomic mass is 16.1. The van der Waals surface area contributed by atoms with E-state index in [4.69, 9.17) is 5.73 Å². The Hall–Kier alpha value is -2.04. The molecule has 0 spiro atoms. The number of carbonyl (C=O) groups excluding carboxylic acids is 1. The summed E-state index contributed by atoms with van der Waals surface area (Å²) in [5.41, 5.74) is 7.44. The summed E-state index contributed by atoms with van der Waals surface area (Å²) in [7, 11) is 0. The van der Waals surface area contributed by atoms with Crippen molar-refractivity contribution in [3.8, 4) is 0 Å². The van der Waals surface area contributed by atoms with Crippen LogP contribution in [0.15, 0.2) is 29.3 Å². The molecular formula is C15H24N4O. The number of nitrogens with two attached hydrogens (primary N) is 1. The van der Waals surface area contributed by atoms with E-state index in [1.807, 2.05) is 19.1 Å². The zero-order chi connectivity index (χ0) is 15.0. The average molecular weight is 276 g/mol. The molecule has 0 aliphatic rings. The van der Waals surface area contributed by atoms with E-state index in [0.29, 0.717) is 30.5 Å². The Labute approximate surface area is 120 Å². The maximum absolute atomic E-state index is 11.6. The lowest BCUT2D eigenvalue weighted by atomic mass is 10.1. The van der Waals surface area contributed by atoms with Gasteiger partial charge in [-0.1, -0.05) is 26.0 Å². The highest BCUT2D eigenvalue weighted by Gasteiger charge is 2.03. The van der Waals surface area contributed by atoms with Crippen LogP contribution in [-0.2, 0) is 6.54 Å². The van der Waals surface area contributed by atoms with Gasteiger partial charge in [-0.3, -0.25) is 4.79 Å². The molecule has 4 N–H and O–H groups in total. The van der Waals surface area contributed by atoms with E-state index in [-0.39, 0.29) is 5.91 Å². The number of amides is 1. The minimum absolute atomic E-state index is 0.0549. The Morgan fingerprint density at radius 1 is 1.25 bits per heavy atom. The van der Waals surface area contributed by atoms with Crippen molar-refractivity contribution in [3.63, 3.8) is 0 Å². The standard InChI is InChI=1S/C15H24N4O/c1-4-17-14(20)13-7-5-12(6-8-13)10-19-15(16)18-9-11(2)3/h5-8,11H,4,9-10H2,1-3H3,(H,17,20)(H3,16,18,19). The fourth-order valence-electron chi connectivity index (χ4n) is 1.57. The Morgan fingerprint density at radius 3 is 2.45 bits per heavy atom. The third-order valence-corrected chi connectivity index (χ3v) is 2.68. The van der Waals surface area contributed by atoms with Crippen LogP contribution in [0.3, 0.4) is 0 Å². The second-order valence-electron chi connectivity index (χ2n) is 5.03. The summed E-state index contributed by atoms with van der Waals surface area (Å²) in [6.45, 7) is 8.07. The molecule has 0 saturated heterocycles. The molecule has 0 bridgehead atoms. The molecule has 1 rings (SSSR count). The number of rotatable bonds is 6. The highest BCUT2D eigenvalue weighted by molar-refractivity contribution is 5.94. The zero-order valence-corrected chi connectivity index (χ0v) is 12.4. The molecule has 0 aliphatic heterocycles. The maximum Gasteiger partial charge on any atom is 0.251 e. The molecule has 1 amide bonds. The fraction of sp³-hybridized carbons (Fsp3) is 0.467. The molecule has 20 heavy (non-hydrogen) atoms. The fourth-order valence-corrected chi connectivity index (χ4v) is 1.57. The molecular weight excluding hydrogens is 252 g/mol. The van der Waals surface area contributed by atoms with Gasteiger partial charge in [-0.05, 0) is 30.5 Å². The number of hydrogen-bond donors (Lipinski definition) is 3. The van der Waals surface area contributed by atoms with Gasteiger partial charge in [-0.2, -0.15) is 0 Å². The van der Waals surface area contributed by atoms with Crippen LogP contribution >= 0.6 is 0 Å². The summed E-state index contributed by atoms with van der Waals surface area (Å²) < 4.78 is 0.